The highest BCUT2D eigenvalue weighted by Crippen LogP contribution is 2.19. The first-order chi connectivity index (χ1) is 9.45. The van der Waals surface area contributed by atoms with E-state index < -0.39 is 0 Å². The van der Waals surface area contributed by atoms with Crippen LogP contribution in [0.1, 0.15) is 48.7 Å². The van der Waals surface area contributed by atoms with Gasteiger partial charge < -0.3 is 10.0 Å². The average Bonchev–Trinajstić information content (AvgIpc) is 2.84. The summed E-state index contributed by atoms with van der Waals surface area (Å²) in [5.41, 5.74) is 0. The van der Waals surface area contributed by atoms with Crippen LogP contribution in [0.3, 0.4) is 0 Å². The number of nitrogens with zero attached hydrogens (tertiary/aromatic N) is 1. The fourth-order valence-corrected chi connectivity index (χ4v) is 2.63. The maximum Gasteiger partial charge on any atom is 0.264 e. The van der Waals surface area contributed by atoms with Crippen LogP contribution in [0.2, 0.25) is 0 Å². The predicted molar refractivity (Wildman–Crippen MR) is 83.9 cm³/mol. The van der Waals surface area contributed by atoms with Gasteiger partial charge in [0.15, 0.2) is 0 Å². The molecule has 1 rings (SSSR count). The Morgan fingerprint density at radius 1 is 1.35 bits per heavy atom. The molecule has 1 aromatic heterocycles. The van der Waals surface area contributed by atoms with Crippen molar-refractivity contribution >= 4 is 17.2 Å². The standard InChI is InChI=1S/C16H23NO2S/c1-12(2)11-17(13(3)4)16(19)15-9-8-14(20-15)7-5-6-10-18/h8-9,12-13,18H,6,10-11H2,1-4H3. The Bertz CT molecular complexity index is 494. The van der Waals surface area contributed by atoms with E-state index in [0.717, 1.165) is 16.3 Å². The summed E-state index contributed by atoms with van der Waals surface area (Å²) in [5.74, 6) is 6.37. The zero-order valence-corrected chi connectivity index (χ0v) is 13.5. The van der Waals surface area contributed by atoms with Gasteiger partial charge in [0.2, 0.25) is 0 Å². The minimum Gasteiger partial charge on any atom is -0.395 e. The van der Waals surface area contributed by atoms with Crippen LogP contribution in [0.15, 0.2) is 12.1 Å². The van der Waals surface area contributed by atoms with Crippen molar-refractivity contribution in [2.75, 3.05) is 13.2 Å². The molecule has 0 unspecified atom stereocenters. The van der Waals surface area contributed by atoms with Crippen LogP contribution in [0, 0.1) is 17.8 Å². The fourth-order valence-electron chi connectivity index (χ4n) is 1.79. The van der Waals surface area contributed by atoms with Crippen LogP contribution in [-0.2, 0) is 0 Å². The first-order valence-corrected chi connectivity index (χ1v) is 7.78. The number of amides is 1. The Labute approximate surface area is 125 Å². The summed E-state index contributed by atoms with van der Waals surface area (Å²) in [5, 5.41) is 8.70. The van der Waals surface area contributed by atoms with Gasteiger partial charge in [-0.3, -0.25) is 4.79 Å². The number of rotatable bonds is 5. The zero-order chi connectivity index (χ0) is 15.1. The first-order valence-electron chi connectivity index (χ1n) is 6.96. The summed E-state index contributed by atoms with van der Waals surface area (Å²) in [6, 6.07) is 3.90. The zero-order valence-electron chi connectivity index (χ0n) is 12.6. The summed E-state index contributed by atoms with van der Waals surface area (Å²) in [7, 11) is 0. The Kier molecular flexibility index (Phi) is 6.77. The van der Waals surface area contributed by atoms with E-state index >= 15 is 0 Å². The van der Waals surface area contributed by atoms with E-state index in [1.54, 1.807) is 0 Å². The number of thiophene rings is 1. The molecule has 1 aromatic rings. The molecule has 0 bridgehead atoms. The van der Waals surface area contributed by atoms with Crippen molar-refractivity contribution in [3.05, 3.63) is 21.9 Å². The average molecular weight is 293 g/mol. The molecule has 1 amide bonds. The number of aliphatic hydroxyl groups is 1. The molecule has 0 atom stereocenters. The number of aliphatic hydroxyl groups excluding tert-OH is 1. The van der Waals surface area contributed by atoms with E-state index in [0.29, 0.717) is 12.3 Å². The molecule has 1 N–H and O–H groups in total. The quantitative estimate of drug-likeness (QED) is 0.848. The molecule has 0 saturated carbocycles. The lowest BCUT2D eigenvalue weighted by molar-refractivity contribution is 0.0687. The molecule has 0 aromatic carbocycles. The number of carbonyl (C=O) groups excluding carboxylic acids is 1. The summed E-state index contributed by atoms with van der Waals surface area (Å²) < 4.78 is 0. The van der Waals surface area contributed by atoms with E-state index in [9.17, 15) is 4.79 Å². The molecule has 0 saturated heterocycles. The third-order valence-corrected chi connectivity index (χ3v) is 3.70. The summed E-state index contributed by atoms with van der Waals surface area (Å²) in [6.45, 7) is 9.14. The molecular weight excluding hydrogens is 270 g/mol. The van der Waals surface area contributed by atoms with Crippen molar-refractivity contribution in [1.29, 1.82) is 0 Å². The van der Waals surface area contributed by atoms with Crippen LogP contribution in [-0.4, -0.2) is 35.1 Å². The lowest BCUT2D eigenvalue weighted by atomic mass is 10.1. The Balaban J connectivity index is 2.83. The molecule has 0 radical (unpaired) electrons. The second-order valence-electron chi connectivity index (χ2n) is 5.38. The number of hydrogen-bond acceptors (Lipinski definition) is 3. The molecule has 0 aliphatic heterocycles. The summed E-state index contributed by atoms with van der Waals surface area (Å²) >= 11 is 1.42. The predicted octanol–water partition coefficient (Wildman–Crippen LogP) is 2.99. The van der Waals surface area contributed by atoms with Gasteiger partial charge >= 0.3 is 0 Å². The third kappa shape index (κ3) is 4.99. The van der Waals surface area contributed by atoms with Crippen LogP contribution in [0.25, 0.3) is 0 Å². The maximum absolute atomic E-state index is 12.5. The lowest BCUT2D eigenvalue weighted by Crippen LogP contribution is -2.39. The van der Waals surface area contributed by atoms with Crippen molar-refractivity contribution < 1.29 is 9.90 Å². The highest BCUT2D eigenvalue weighted by Gasteiger charge is 2.20. The Hall–Kier alpha value is -1.31. The second kappa shape index (κ2) is 8.08. The van der Waals surface area contributed by atoms with Crippen molar-refractivity contribution in [3.63, 3.8) is 0 Å². The van der Waals surface area contributed by atoms with Gasteiger partial charge in [0.25, 0.3) is 5.91 Å². The molecule has 0 fully saturated rings. The maximum atomic E-state index is 12.5. The normalized spacial score (nSPS) is 10.6. The van der Waals surface area contributed by atoms with Crippen molar-refractivity contribution in [2.45, 2.75) is 40.2 Å². The molecule has 4 heteroatoms. The van der Waals surface area contributed by atoms with Crippen LogP contribution in [0.4, 0.5) is 0 Å². The van der Waals surface area contributed by atoms with Gasteiger partial charge in [0.05, 0.1) is 16.4 Å². The highest BCUT2D eigenvalue weighted by molar-refractivity contribution is 7.14. The van der Waals surface area contributed by atoms with E-state index in [2.05, 4.69) is 25.7 Å². The fraction of sp³-hybridized carbons (Fsp3) is 0.562. The number of carbonyl (C=O) groups is 1. The topological polar surface area (TPSA) is 40.5 Å². The SMILES string of the molecule is CC(C)CN(C(=O)c1ccc(C#CCCO)s1)C(C)C. The van der Waals surface area contributed by atoms with Gasteiger partial charge in [-0.15, -0.1) is 11.3 Å². The molecular formula is C16H23NO2S. The van der Waals surface area contributed by atoms with Crippen LogP contribution in [0.5, 0.6) is 0 Å². The van der Waals surface area contributed by atoms with E-state index in [1.807, 2.05) is 30.9 Å². The minimum atomic E-state index is 0.0691. The highest BCUT2D eigenvalue weighted by atomic mass is 32.1. The van der Waals surface area contributed by atoms with Crippen molar-refractivity contribution in [1.82, 2.24) is 4.90 Å². The monoisotopic (exact) mass is 293 g/mol. The molecule has 3 nitrogen and oxygen atoms in total. The largest absolute Gasteiger partial charge is 0.395 e. The van der Waals surface area contributed by atoms with Gasteiger partial charge in [0, 0.05) is 19.0 Å². The second-order valence-corrected chi connectivity index (χ2v) is 6.47. The molecule has 0 spiro atoms. The molecule has 0 aliphatic rings. The van der Waals surface area contributed by atoms with E-state index in [1.165, 1.54) is 11.3 Å². The van der Waals surface area contributed by atoms with Gasteiger partial charge in [0.1, 0.15) is 0 Å². The van der Waals surface area contributed by atoms with Crippen molar-refractivity contribution in [3.8, 4) is 11.8 Å². The molecule has 0 aliphatic carbocycles. The smallest absolute Gasteiger partial charge is 0.264 e. The first kappa shape index (κ1) is 16.7. The molecule has 110 valence electrons. The minimum absolute atomic E-state index is 0.0691. The Morgan fingerprint density at radius 2 is 2.05 bits per heavy atom. The number of hydrogen-bond donors (Lipinski definition) is 1. The Morgan fingerprint density at radius 3 is 2.60 bits per heavy atom. The van der Waals surface area contributed by atoms with E-state index in [4.69, 9.17) is 5.11 Å². The van der Waals surface area contributed by atoms with Crippen LogP contribution < -0.4 is 0 Å². The van der Waals surface area contributed by atoms with Crippen molar-refractivity contribution in [2.24, 2.45) is 5.92 Å². The summed E-state index contributed by atoms with van der Waals surface area (Å²) in [4.78, 5) is 16.0. The lowest BCUT2D eigenvalue weighted by Gasteiger charge is -2.28. The molecule has 20 heavy (non-hydrogen) atoms. The summed E-state index contributed by atoms with van der Waals surface area (Å²) in [6.07, 6.45) is 0.465. The van der Waals surface area contributed by atoms with E-state index in [-0.39, 0.29) is 18.6 Å². The molecule has 1 heterocycles. The van der Waals surface area contributed by atoms with Gasteiger partial charge in [-0.25, -0.2) is 0 Å². The van der Waals surface area contributed by atoms with Gasteiger partial charge in [-0.1, -0.05) is 25.7 Å². The third-order valence-electron chi connectivity index (χ3n) is 2.71. The van der Waals surface area contributed by atoms with Crippen LogP contribution >= 0.6 is 11.3 Å². The van der Waals surface area contributed by atoms with Gasteiger partial charge in [-0.05, 0) is 31.9 Å². The van der Waals surface area contributed by atoms with Gasteiger partial charge in [-0.2, -0.15) is 0 Å².